The van der Waals surface area contributed by atoms with Crippen LogP contribution in [0.4, 0.5) is 0 Å². The van der Waals surface area contributed by atoms with Gasteiger partial charge in [-0.3, -0.25) is 4.79 Å². The first-order valence-electron chi connectivity index (χ1n) is 9.03. The first-order chi connectivity index (χ1) is 12.3. The highest BCUT2D eigenvalue weighted by Gasteiger charge is 2.21. The van der Waals surface area contributed by atoms with E-state index in [1.54, 1.807) is 11.2 Å². The quantitative estimate of drug-likeness (QED) is 0.693. The molecule has 1 aromatic heterocycles. The van der Waals surface area contributed by atoms with Crippen molar-refractivity contribution in [2.75, 3.05) is 7.05 Å². The molecule has 1 heterocycles. The zero-order valence-corrected chi connectivity index (χ0v) is 16.2. The summed E-state index contributed by atoms with van der Waals surface area (Å²) in [5.41, 5.74) is 4.46. The molecule has 0 saturated carbocycles. The summed E-state index contributed by atoms with van der Waals surface area (Å²) in [5.74, 6) is 0.0769. The van der Waals surface area contributed by atoms with E-state index in [-0.39, 0.29) is 17.4 Å². The predicted molar refractivity (Wildman–Crippen MR) is 106 cm³/mol. The minimum absolute atomic E-state index is 0.0769. The van der Waals surface area contributed by atoms with Gasteiger partial charge in [0.15, 0.2) is 0 Å². The second-order valence-corrected chi connectivity index (χ2v) is 7.96. The first kappa shape index (κ1) is 18.2. The normalized spacial score (nSPS) is 13.0. The molecule has 0 aliphatic rings. The molecule has 3 aromatic rings. The van der Waals surface area contributed by atoms with Crippen LogP contribution < -0.4 is 0 Å². The zero-order valence-electron chi connectivity index (χ0n) is 16.2. The van der Waals surface area contributed by atoms with Crippen molar-refractivity contribution in [3.63, 3.8) is 0 Å². The van der Waals surface area contributed by atoms with Crippen molar-refractivity contribution in [3.8, 4) is 0 Å². The summed E-state index contributed by atoms with van der Waals surface area (Å²) in [6, 6.07) is 16.1. The van der Waals surface area contributed by atoms with Gasteiger partial charge in [-0.2, -0.15) is 0 Å². The Bertz CT molecular complexity index is 903. The largest absolute Gasteiger partial charge is 0.340 e. The number of rotatable bonds is 4. The van der Waals surface area contributed by atoms with Crippen molar-refractivity contribution in [1.82, 2.24) is 14.5 Å². The van der Waals surface area contributed by atoms with Gasteiger partial charge in [-0.25, -0.2) is 4.98 Å². The number of carbonyl (C=O) groups excluding carboxylic acids is 1. The smallest absolute Gasteiger partial charge is 0.245 e. The molecule has 0 aliphatic heterocycles. The Labute approximate surface area is 155 Å². The van der Waals surface area contributed by atoms with Gasteiger partial charge in [0.2, 0.25) is 5.91 Å². The molecule has 1 atom stereocenters. The summed E-state index contributed by atoms with van der Waals surface area (Å²) in [7, 11) is 1.86. The molecule has 4 nitrogen and oxygen atoms in total. The van der Waals surface area contributed by atoms with Gasteiger partial charge in [-0.1, -0.05) is 57.2 Å². The number of imidazole rings is 1. The second kappa shape index (κ2) is 6.94. The minimum atomic E-state index is -0.291. The van der Waals surface area contributed by atoms with Crippen LogP contribution in [0.2, 0.25) is 0 Å². The average Bonchev–Trinajstić information content (AvgIpc) is 3.04. The Kier molecular flexibility index (Phi) is 4.86. The number of likely N-dealkylation sites (N-methyl/N-ethyl adjacent to an activating group) is 1. The number of fused-ring (bicyclic) bond motifs is 1. The molecular weight excluding hydrogens is 322 g/mol. The Hall–Kier alpha value is -2.62. The molecule has 4 heteroatoms. The van der Waals surface area contributed by atoms with Crippen molar-refractivity contribution in [2.24, 2.45) is 0 Å². The maximum absolute atomic E-state index is 12.9. The van der Waals surface area contributed by atoms with Crippen LogP contribution in [-0.2, 0) is 16.8 Å². The Morgan fingerprint density at radius 2 is 1.77 bits per heavy atom. The number of nitrogens with zero attached hydrogens (tertiary/aromatic N) is 3. The fourth-order valence-corrected chi connectivity index (χ4v) is 3.19. The predicted octanol–water partition coefficient (Wildman–Crippen LogP) is 4.55. The Morgan fingerprint density at radius 3 is 2.42 bits per heavy atom. The monoisotopic (exact) mass is 349 g/mol. The van der Waals surface area contributed by atoms with E-state index in [4.69, 9.17) is 0 Å². The summed E-state index contributed by atoms with van der Waals surface area (Å²) in [6.07, 6.45) is 1.75. The first-order valence-corrected chi connectivity index (χ1v) is 9.03. The highest BCUT2D eigenvalue weighted by Crippen LogP contribution is 2.23. The van der Waals surface area contributed by atoms with Crippen molar-refractivity contribution in [1.29, 1.82) is 0 Å². The number of carbonyl (C=O) groups is 1. The molecule has 0 spiro atoms. The summed E-state index contributed by atoms with van der Waals surface area (Å²) in [6.45, 7) is 9.13. The average molecular weight is 349 g/mol. The lowest BCUT2D eigenvalue weighted by Gasteiger charge is -2.23. The second-order valence-electron chi connectivity index (χ2n) is 7.96. The van der Waals surface area contributed by atoms with Gasteiger partial charge < -0.3 is 9.47 Å². The van der Waals surface area contributed by atoms with Crippen LogP contribution in [0.5, 0.6) is 0 Å². The molecular formula is C22H27N3O. The maximum Gasteiger partial charge on any atom is 0.245 e. The van der Waals surface area contributed by atoms with E-state index in [9.17, 15) is 4.79 Å². The third kappa shape index (κ3) is 3.64. The minimum Gasteiger partial charge on any atom is -0.340 e. The van der Waals surface area contributed by atoms with Gasteiger partial charge in [-0.05, 0) is 35.6 Å². The number of aromatic nitrogens is 2. The fraction of sp³-hybridized carbons (Fsp3) is 0.364. The molecule has 0 N–H and O–H groups in total. The van der Waals surface area contributed by atoms with Gasteiger partial charge in [-0.15, -0.1) is 0 Å². The van der Waals surface area contributed by atoms with E-state index in [2.05, 4.69) is 50.0 Å². The van der Waals surface area contributed by atoms with E-state index in [1.165, 1.54) is 5.56 Å². The lowest BCUT2D eigenvalue weighted by atomic mass is 9.87. The molecule has 2 aromatic carbocycles. The third-order valence-corrected chi connectivity index (χ3v) is 4.87. The number of hydrogen-bond donors (Lipinski definition) is 0. The van der Waals surface area contributed by atoms with Gasteiger partial charge in [0.1, 0.15) is 6.04 Å². The number of amides is 1. The van der Waals surface area contributed by atoms with Gasteiger partial charge in [0, 0.05) is 13.6 Å². The molecule has 0 fully saturated rings. The van der Waals surface area contributed by atoms with Gasteiger partial charge >= 0.3 is 0 Å². The van der Waals surface area contributed by atoms with Crippen LogP contribution >= 0.6 is 0 Å². The Balaban J connectivity index is 1.73. The van der Waals surface area contributed by atoms with E-state index in [1.807, 2.05) is 42.8 Å². The molecule has 26 heavy (non-hydrogen) atoms. The van der Waals surface area contributed by atoms with E-state index < -0.39 is 0 Å². The molecule has 0 bridgehead atoms. The van der Waals surface area contributed by atoms with Gasteiger partial charge in [0.05, 0.1) is 17.4 Å². The maximum atomic E-state index is 12.9. The summed E-state index contributed by atoms with van der Waals surface area (Å²) in [4.78, 5) is 19.1. The summed E-state index contributed by atoms with van der Waals surface area (Å²) < 4.78 is 1.94. The van der Waals surface area contributed by atoms with Crippen LogP contribution in [0, 0.1) is 0 Å². The fourth-order valence-electron chi connectivity index (χ4n) is 3.19. The van der Waals surface area contributed by atoms with Crippen molar-refractivity contribution in [3.05, 3.63) is 66.0 Å². The van der Waals surface area contributed by atoms with Crippen molar-refractivity contribution in [2.45, 2.75) is 45.7 Å². The lowest BCUT2D eigenvalue weighted by molar-refractivity contribution is -0.133. The number of benzene rings is 2. The molecule has 1 amide bonds. The lowest BCUT2D eigenvalue weighted by Crippen LogP contribution is -2.32. The summed E-state index contributed by atoms with van der Waals surface area (Å²) in [5, 5.41) is 0. The highest BCUT2D eigenvalue weighted by molar-refractivity contribution is 5.83. The van der Waals surface area contributed by atoms with Crippen LogP contribution in [0.15, 0.2) is 54.9 Å². The van der Waals surface area contributed by atoms with Crippen molar-refractivity contribution >= 4 is 16.9 Å². The van der Waals surface area contributed by atoms with Crippen LogP contribution in [-0.4, -0.2) is 27.4 Å². The van der Waals surface area contributed by atoms with E-state index in [0.29, 0.717) is 6.54 Å². The summed E-state index contributed by atoms with van der Waals surface area (Å²) >= 11 is 0. The van der Waals surface area contributed by atoms with Crippen LogP contribution in [0.3, 0.4) is 0 Å². The van der Waals surface area contributed by atoms with Crippen LogP contribution in [0.1, 0.15) is 44.9 Å². The molecule has 0 aliphatic carbocycles. The molecule has 3 rings (SSSR count). The molecule has 1 unspecified atom stereocenters. The van der Waals surface area contributed by atoms with E-state index >= 15 is 0 Å². The SMILES string of the molecule is CC(C(=O)N(C)Cc1ccc(C(C)(C)C)cc1)n1cnc2ccccc21. The van der Waals surface area contributed by atoms with E-state index in [0.717, 1.165) is 16.6 Å². The standard InChI is InChI=1S/C22H27N3O/c1-16(25-15-23-19-8-6-7-9-20(19)25)21(26)24(5)14-17-10-12-18(13-11-17)22(2,3)4/h6-13,15-16H,14H2,1-5H3. The third-order valence-electron chi connectivity index (χ3n) is 4.87. The highest BCUT2D eigenvalue weighted by atomic mass is 16.2. The number of para-hydroxylation sites is 2. The molecule has 0 saturated heterocycles. The van der Waals surface area contributed by atoms with Gasteiger partial charge in [0.25, 0.3) is 0 Å². The molecule has 136 valence electrons. The molecule has 0 radical (unpaired) electrons. The number of hydrogen-bond acceptors (Lipinski definition) is 2. The zero-order chi connectivity index (χ0) is 18.9. The topological polar surface area (TPSA) is 38.1 Å². The van der Waals surface area contributed by atoms with Crippen molar-refractivity contribution < 1.29 is 4.79 Å². The van der Waals surface area contributed by atoms with Crippen LogP contribution in [0.25, 0.3) is 11.0 Å². The Morgan fingerprint density at radius 1 is 1.12 bits per heavy atom.